The quantitative estimate of drug-likeness (QED) is 0.775. The first-order chi connectivity index (χ1) is 10.2. The number of hydrogen-bond donors (Lipinski definition) is 3. The van der Waals surface area contributed by atoms with E-state index >= 15 is 0 Å². The van der Waals surface area contributed by atoms with Crippen LogP contribution < -0.4 is 16.4 Å². The van der Waals surface area contributed by atoms with E-state index in [4.69, 9.17) is 5.73 Å². The summed E-state index contributed by atoms with van der Waals surface area (Å²) in [5, 5.41) is 6.86. The Labute approximate surface area is 126 Å². The first-order valence-electron chi connectivity index (χ1n) is 7.28. The summed E-state index contributed by atoms with van der Waals surface area (Å²) in [4.78, 5) is 0. The molecule has 0 radical (unpaired) electrons. The molecule has 4 N–H and O–H groups in total. The molecule has 0 amide bonds. The zero-order valence-electron chi connectivity index (χ0n) is 12.6. The summed E-state index contributed by atoms with van der Waals surface area (Å²) in [7, 11) is 0. The number of allylic oxidation sites excluding steroid dienone is 1. The number of fused-ring (bicyclic) bond motifs is 1. The average molecular weight is 281 g/mol. The van der Waals surface area contributed by atoms with Crippen molar-refractivity contribution in [2.45, 2.75) is 13.3 Å². The van der Waals surface area contributed by atoms with Crippen LogP contribution in [0, 0.1) is 0 Å². The van der Waals surface area contributed by atoms with Gasteiger partial charge in [0.2, 0.25) is 0 Å². The highest BCUT2D eigenvalue weighted by molar-refractivity contribution is 5.80. The van der Waals surface area contributed by atoms with Gasteiger partial charge in [-0.15, -0.1) is 0 Å². The normalized spacial score (nSPS) is 21.6. The summed E-state index contributed by atoms with van der Waals surface area (Å²) in [5.74, 6) is 0. The van der Waals surface area contributed by atoms with Gasteiger partial charge in [0.1, 0.15) is 0 Å². The number of nitrogens with two attached hydrogens (primary N) is 1. The molecule has 0 atom stereocenters. The molecule has 0 aliphatic carbocycles. The molecular formula is C18H23N3. The predicted molar refractivity (Wildman–Crippen MR) is 91.8 cm³/mol. The smallest absolute Gasteiger partial charge is 0.0657 e. The van der Waals surface area contributed by atoms with Crippen molar-refractivity contribution in [2.24, 2.45) is 5.73 Å². The van der Waals surface area contributed by atoms with E-state index in [0.29, 0.717) is 6.54 Å². The topological polar surface area (TPSA) is 50.1 Å². The lowest BCUT2D eigenvalue weighted by Crippen LogP contribution is -2.23. The molecule has 1 heterocycles. The minimum Gasteiger partial charge on any atom is -0.396 e. The van der Waals surface area contributed by atoms with Gasteiger partial charge in [-0.05, 0) is 18.1 Å². The molecule has 3 heteroatoms. The van der Waals surface area contributed by atoms with Gasteiger partial charge < -0.3 is 16.4 Å². The van der Waals surface area contributed by atoms with Crippen LogP contribution in [0.25, 0.3) is 5.70 Å². The highest BCUT2D eigenvalue weighted by Crippen LogP contribution is 2.29. The van der Waals surface area contributed by atoms with Gasteiger partial charge in [0.05, 0.1) is 11.4 Å². The van der Waals surface area contributed by atoms with E-state index in [0.717, 1.165) is 46.8 Å². The number of rotatable bonds is 5. The zero-order chi connectivity index (χ0) is 15.2. The van der Waals surface area contributed by atoms with Gasteiger partial charge in [0.25, 0.3) is 0 Å². The second kappa shape index (κ2) is 6.84. The molecule has 0 spiro atoms. The van der Waals surface area contributed by atoms with Gasteiger partial charge in [-0.25, -0.2) is 0 Å². The molecule has 0 unspecified atom stereocenters. The Hall–Kier alpha value is -2.42. The Morgan fingerprint density at radius 1 is 1.29 bits per heavy atom. The zero-order valence-corrected chi connectivity index (χ0v) is 12.6. The van der Waals surface area contributed by atoms with Gasteiger partial charge in [0.15, 0.2) is 0 Å². The van der Waals surface area contributed by atoms with Crippen molar-refractivity contribution in [2.75, 3.05) is 18.4 Å². The fraction of sp³-hybridized carbons (Fsp3) is 0.222. The number of benzene rings is 1. The van der Waals surface area contributed by atoms with Crippen LogP contribution in [0.2, 0.25) is 0 Å². The molecule has 0 bridgehead atoms. The van der Waals surface area contributed by atoms with E-state index in [1.165, 1.54) is 0 Å². The lowest BCUT2D eigenvalue weighted by Gasteiger charge is -2.23. The molecule has 3 nitrogen and oxygen atoms in total. The van der Waals surface area contributed by atoms with Crippen LogP contribution in [0.4, 0.5) is 5.69 Å². The molecular weight excluding hydrogens is 258 g/mol. The summed E-state index contributed by atoms with van der Waals surface area (Å²) in [6, 6.07) is 8.08. The second-order valence-electron chi connectivity index (χ2n) is 4.96. The molecule has 0 fully saturated rings. The molecule has 1 aliphatic rings. The Morgan fingerprint density at radius 2 is 2.05 bits per heavy atom. The van der Waals surface area contributed by atoms with E-state index in [2.05, 4.69) is 30.7 Å². The molecule has 0 saturated carbocycles. The maximum atomic E-state index is 6.44. The Bertz CT molecular complexity index is 609. The maximum Gasteiger partial charge on any atom is 0.0657 e. The molecule has 0 saturated heterocycles. The summed E-state index contributed by atoms with van der Waals surface area (Å²) in [6.07, 6.45) is 4.74. The Balaban J connectivity index is 2.65. The molecule has 110 valence electrons. The standard InChI is InChI=1S/C18H23N3/c1-4-11-20-18-14(6-3)13(5-2)12-21-16-10-8-7-9-15(16)17(18)19/h5-10,20-21H,2-4,11-12,19H2,1H3/b14-13-,18-17-. The van der Waals surface area contributed by atoms with Gasteiger partial charge >= 0.3 is 0 Å². The lowest BCUT2D eigenvalue weighted by molar-refractivity contribution is 0.777. The summed E-state index contributed by atoms with van der Waals surface area (Å²) >= 11 is 0. The molecule has 2 rings (SSSR count). The number of hydrogen-bond acceptors (Lipinski definition) is 3. The van der Waals surface area contributed by atoms with Crippen LogP contribution in [0.3, 0.4) is 0 Å². The van der Waals surface area contributed by atoms with Crippen molar-refractivity contribution < 1.29 is 0 Å². The highest BCUT2D eigenvalue weighted by Gasteiger charge is 2.17. The van der Waals surface area contributed by atoms with E-state index in [1.807, 2.05) is 36.4 Å². The van der Waals surface area contributed by atoms with Crippen LogP contribution in [0.1, 0.15) is 18.9 Å². The van der Waals surface area contributed by atoms with Crippen LogP contribution in [-0.2, 0) is 0 Å². The van der Waals surface area contributed by atoms with Gasteiger partial charge in [-0.3, -0.25) is 0 Å². The van der Waals surface area contributed by atoms with Gasteiger partial charge in [-0.2, -0.15) is 0 Å². The van der Waals surface area contributed by atoms with Gasteiger partial charge in [-0.1, -0.05) is 50.4 Å². The third kappa shape index (κ3) is 3.02. The molecule has 21 heavy (non-hydrogen) atoms. The van der Waals surface area contributed by atoms with E-state index in [1.54, 1.807) is 0 Å². The van der Waals surface area contributed by atoms with Crippen LogP contribution in [0.5, 0.6) is 0 Å². The van der Waals surface area contributed by atoms with Crippen LogP contribution in [-0.4, -0.2) is 13.1 Å². The minimum absolute atomic E-state index is 0.701. The number of nitrogens with one attached hydrogen (secondary N) is 2. The SMILES string of the molecule is C=C/C1=C(C=C)/C(NCCC)=C(/N)c2ccccc2NC1. The maximum absolute atomic E-state index is 6.44. The molecule has 1 aromatic rings. The van der Waals surface area contributed by atoms with Crippen molar-refractivity contribution in [1.29, 1.82) is 0 Å². The Morgan fingerprint density at radius 3 is 2.71 bits per heavy atom. The van der Waals surface area contributed by atoms with Crippen molar-refractivity contribution in [3.63, 3.8) is 0 Å². The predicted octanol–water partition coefficient (Wildman–Crippen LogP) is 3.41. The summed E-state index contributed by atoms with van der Waals surface area (Å²) < 4.78 is 0. The van der Waals surface area contributed by atoms with Crippen molar-refractivity contribution >= 4 is 11.4 Å². The fourth-order valence-corrected chi connectivity index (χ4v) is 2.45. The summed E-state index contributed by atoms with van der Waals surface area (Å²) in [5.41, 5.74) is 12.3. The largest absolute Gasteiger partial charge is 0.396 e. The Kier molecular flexibility index (Phi) is 4.88. The molecule has 0 aromatic heterocycles. The number of anilines is 1. The van der Waals surface area contributed by atoms with Crippen LogP contribution >= 0.6 is 0 Å². The van der Waals surface area contributed by atoms with Crippen LogP contribution in [0.15, 0.2) is 66.4 Å². The monoisotopic (exact) mass is 281 g/mol. The average Bonchev–Trinajstić information content (AvgIpc) is 2.52. The third-order valence-electron chi connectivity index (χ3n) is 3.57. The second-order valence-corrected chi connectivity index (χ2v) is 4.96. The van der Waals surface area contributed by atoms with E-state index in [9.17, 15) is 0 Å². The highest BCUT2D eigenvalue weighted by atomic mass is 14.9. The van der Waals surface area contributed by atoms with Crippen molar-refractivity contribution in [3.05, 3.63) is 72.0 Å². The minimum atomic E-state index is 0.701. The lowest BCUT2D eigenvalue weighted by atomic mass is 9.97. The first-order valence-corrected chi connectivity index (χ1v) is 7.28. The first kappa shape index (κ1) is 15.0. The number of para-hydroxylation sites is 1. The van der Waals surface area contributed by atoms with E-state index in [-0.39, 0.29) is 0 Å². The van der Waals surface area contributed by atoms with E-state index < -0.39 is 0 Å². The van der Waals surface area contributed by atoms with Crippen molar-refractivity contribution in [1.82, 2.24) is 5.32 Å². The van der Waals surface area contributed by atoms with Crippen molar-refractivity contribution in [3.8, 4) is 0 Å². The third-order valence-corrected chi connectivity index (χ3v) is 3.57. The molecule has 1 aromatic carbocycles. The summed E-state index contributed by atoms with van der Waals surface area (Å²) in [6.45, 7) is 11.6. The fourth-order valence-electron chi connectivity index (χ4n) is 2.45. The van der Waals surface area contributed by atoms with Gasteiger partial charge in [0, 0.05) is 29.9 Å². The molecule has 1 aliphatic heterocycles.